The van der Waals surface area contributed by atoms with Crippen LogP contribution in [0.25, 0.3) is 0 Å². The number of aryl methyl sites for hydroxylation is 1. The Balaban J connectivity index is 2.20. The van der Waals surface area contributed by atoms with Gasteiger partial charge in [-0.2, -0.15) is 0 Å². The first kappa shape index (κ1) is 12.3. The molecule has 1 heteroatoms. The number of nitrogens with one attached hydrogen (secondary N) is 1. The highest BCUT2D eigenvalue weighted by molar-refractivity contribution is 5.14. The van der Waals surface area contributed by atoms with Crippen LogP contribution in [0.1, 0.15) is 38.2 Å². The van der Waals surface area contributed by atoms with Crippen molar-refractivity contribution in [2.45, 2.75) is 45.1 Å². The quantitative estimate of drug-likeness (QED) is 0.719. The lowest BCUT2D eigenvalue weighted by atomic mass is 10.0. The first-order chi connectivity index (χ1) is 7.36. The Morgan fingerprint density at radius 1 is 1.13 bits per heavy atom. The zero-order valence-electron chi connectivity index (χ0n) is 10.00. The highest BCUT2D eigenvalue weighted by Crippen LogP contribution is 2.09. The summed E-state index contributed by atoms with van der Waals surface area (Å²) in [6.07, 6.45) is 6.36. The summed E-state index contributed by atoms with van der Waals surface area (Å²) >= 11 is 0. The van der Waals surface area contributed by atoms with Gasteiger partial charge in [0.05, 0.1) is 0 Å². The van der Waals surface area contributed by atoms with Crippen LogP contribution in [0.2, 0.25) is 0 Å². The Kier molecular flexibility index (Phi) is 6.10. The molecule has 0 amide bonds. The lowest BCUT2D eigenvalue weighted by Crippen LogP contribution is -2.24. The van der Waals surface area contributed by atoms with Crippen LogP contribution in [0.15, 0.2) is 30.3 Å². The molecule has 0 saturated carbocycles. The number of hydrogen-bond acceptors (Lipinski definition) is 1. The molecular formula is C14H23N. The van der Waals surface area contributed by atoms with Gasteiger partial charge in [-0.05, 0) is 38.3 Å². The highest BCUT2D eigenvalue weighted by atomic mass is 14.9. The van der Waals surface area contributed by atoms with Crippen LogP contribution in [0.3, 0.4) is 0 Å². The van der Waals surface area contributed by atoms with Gasteiger partial charge >= 0.3 is 0 Å². The second kappa shape index (κ2) is 7.47. The minimum absolute atomic E-state index is 0.707. The van der Waals surface area contributed by atoms with Gasteiger partial charge in [0, 0.05) is 6.04 Å². The minimum atomic E-state index is 0.707. The fourth-order valence-electron chi connectivity index (χ4n) is 1.98. The molecule has 1 aromatic rings. The summed E-state index contributed by atoms with van der Waals surface area (Å²) in [4.78, 5) is 0. The van der Waals surface area contributed by atoms with E-state index in [1.54, 1.807) is 0 Å². The molecule has 84 valence electrons. The largest absolute Gasteiger partial charge is 0.317 e. The minimum Gasteiger partial charge on any atom is -0.317 e. The predicted molar refractivity (Wildman–Crippen MR) is 67.1 cm³/mol. The first-order valence-electron chi connectivity index (χ1n) is 6.08. The summed E-state index contributed by atoms with van der Waals surface area (Å²) in [5.74, 6) is 0. The summed E-state index contributed by atoms with van der Waals surface area (Å²) < 4.78 is 0. The van der Waals surface area contributed by atoms with Crippen LogP contribution in [-0.4, -0.2) is 13.1 Å². The molecule has 0 spiro atoms. The van der Waals surface area contributed by atoms with Gasteiger partial charge in [0.15, 0.2) is 0 Å². The normalized spacial score (nSPS) is 12.7. The summed E-state index contributed by atoms with van der Waals surface area (Å²) in [5, 5.41) is 3.39. The molecule has 1 rings (SSSR count). The van der Waals surface area contributed by atoms with Gasteiger partial charge < -0.3 is 5.32 Å². The zero-order valence-corrected chi connectivity index (χ0v) is 10.00. The van der Waals surface area contributed by atoms with Crippen molar-refractivity contribution in [1.82, 2.24) is 5.32 Å². The zero-order chi connectivity index (χ0) is 10.9. The molecule has 1 N–H and O–H groups in total. The third-order valence-electron chi connectivity index (χ3n) is 2.91. The van der Waals surface area contributed by atoms with Crippen LogP contribution in [0, 0.1) is 0 Å². The van der Waals surface area contributed by atoms with Gasteiger partial charge in [-0.15, -0.1) is 0 Å². The second-order valence-corrected chi connectivity index (χ2v) is 4.15. The van der Waals surface area contributed by atoms with Crippen molar-refractivity contribution in [1.29, 1.82) is 0 Å². The Hall–Kier alpha value is -0.820. The van der Waals surface area contributed by atoms with Crippen molar-refractivity contribution < 1.29 is 0 Å². The maximum atomic E-state index is 3.39. The molecule has 1 unspecified atom stereocenters. The fraction of sp³-hybridized carbons (Fsp3) is 0.571. The predicted octanol–water partition coefficient (Wildman–Crippen LogP) is 3.40. The van der Waals surface area contributed by atoms with Crippen LogP contribution in [0.4, 0.5) is 0 Å². The topological polar surface area (TPSA) is 12.0 Å². The lowest BCUT2D eigenvalue weighted by molar-refractivity contribution is 0.470. The van der Waals surface area contributed by atoms with Gasteiger partial charge in [0.2, 0.25) is 0 Å². The summed E-state index contributed by atoms with van der Waals surface area (Å²) in [7, 11) is 2.07. The van der Waals surface area contributed by atoms with Crippen molar-refractivity contribution in [3.05, 3.63) is 35.9 Å². The number of rotatable bonds is 7. The maximum absolute atomic E-state index is 3.39. The van der Waals surface area contributed by atoms with E-state index in [1.165, 1.54) is 37.7 Å². The van der Waals surface area contributed by atoms with E-state index in [9.17, 15) is 0 Å². The molecule has 0 aliphatic heterocycles. The molecule has 15 heavy (non-hydrogen) atoms. The van der Waals surface area contributed by atoms with Gasteiger partial charge in [-0.1, -0.05) is 43.7 Å². The average Bonchev–Trinajstić information content (AvgIpc) is 2.29. The van der Waals surface area contributed by atoms with E-state index in [4.69, 9.17) is 0 Å². The third-order valence-corrected chi connectivity index (χ3v) is 2.91. The van der Waals surface area contributed by atoms with E-state index in [0.29, 0.717) is 6.04 Å². The Bertz CT molecular complexity index is 243. The summed E-state index contributed by atoms with van der Waals surface area (Å²) in [6, 6.07) is 11.5. The van der Waals surface area contributed by atoms with Crippen LogP contribution >= 0.6 is 0 Å². The van der Waals surface area contributed by atoms with Crippen molar-refractivity contribution >= 4 is 0 Å². The molecule has 1 aromatic carbocycles. The van der Waals surface area contributed by atoms with Gasteiger partial charge in [-0.3, -0.25) is 0 Å². The standard InChI is InChI=1S/C14H23N/c1-3-8-14(15-2)12-7-11-13-9-5-4-6-10-13/h4-6,9-10,14-15H,3,7-8,11-12H2,1-2H3. The molecule has 0 aliphatic carbocycles. The summed E-state index contributed by atoms with van der Waals surface area (Å²) in [6.45, 7) is 2.25. The molecule has 0 fully saturated rings. The van der Waals surface area contributed by atoms with Crippen molar-refractivity contribution in [3.63, 3.8) is 0 Å². The van der Waals surface area contributed by atoms with Crippen molar-refractivity contribution in [3.8, 4) is 0 Å². The van der Waals surface area contributed by atoms with Crippen LogP contribution in [0.5, 0.6) is 0 Å². The average molecular weight is 205 g/mol. The smallest absolute Gasteiger partial charge is 0.00640 e. The molecule has 0 heterocycles. The van der Waals surface area contributed by atoms with Crippen LogP contribution in [-0.2, 0) is 6.42 Å². The Morgan fingerprint density at radius 2 is 1.87 bits per heavy atom. The van der Waals surface area contributed by atoms with Crippen molar-refractivity contribution in [2.75, 3.05) is 7.05 Å². The summed E-state index contributed by atoms with van der Waals surface area (Å²) in [5.41, 5.74) is 1.46. The monoisotopic (exact) mass is 205 g/mol. The van der Waals surface area contributed by atoms with E-state index in [1.807, 2.05) is 0 Å². The molecule has 0 saturated heterocycles. The fourth-order valence-corrected chi connectivity index (χ4v) is 1.98. The van der Waals surface area contributed by atoms with E-state index in [0.717, 1.165) is 0 Å². The molecule has 1 atom stereocenters. The third kappa shape index (κ3) is 4.98. The lowest BCUT2D eigenvalue weighted by Gasteiger charge is -2.14. The SMILES string of the molecule is CCCC(CCCc1ccccc1)NC. The molecule has 0 radical (unpaired) electrons. The van der Waals surface area contributed by atoms with Gasteiger partial charge in [-0.25, -0.2) is 0 Å². The van der Waals surface area contributed by atoms with E-state index in [-0.39, 0.29) is 0 Å². The molecular weight excluding hydrogens is 182 g/mol. The molecule has 1 nitrogen and oxygen atoms in total. The van der Waals surface area contributed by atoms with Gasteiger partial charge in [0.25, 0.3) is 0 Å². The van der Waals surface area contributed by atoms with Crippen LogP contribution < -0.4 is 5.32 Å². The molecule has 0 bridgehead atoms. The van der Waals surface area contributed by atoms with Gasteiger partial charge in [0.1, 0.15) is 0 Å². The Morgan fingerprint density at radius 3 is 2.47 bits per heavy atom. The first-order valence-corrected chi connectivity index (χ1v) is 6.08. The number of hydrogen-bond donors (Lipinski definition) is 1. The van der Waals surface area contributed by atoms with Crippen molar-refractivity contribution in [2.24, 2.45) is 0 Å². The Labute approximate surface area is 93.9 Å². The van der Waals surface area contributed by atoms with E-state index in [2.05, 4.69) is 49.6 Å². The molecule has 0 aromatic heterocycles. The highest BCUT2D eigenvalue weighted by Gasteiger charge is 2.03. The number of benzene rings is 1. The van der Waals surface area contributed by atoms with E-state index < -0.39 is 0 Å². The second-order valence-electron chi connectivity index (χ2n) is 4.15. The van der Waals surface area contributed by atoms with E-state index >= 15 is 0 Å². The molecule has 0 aliphatic rings. The maximum Gasteiger partial charge on any atom is 0.00640 e.